The maximum absolute atomic E-state index is 13.7. The Morgan fingerprint density at radius 3 is 1.52 bits per heavy atom. The van der Waals surface area contributed by atoms with Gasteiger partial charge in [-0.3, -0.25) is 9.59 Å². The summed E-state index contributed by atoms with van der Waals surface area (Å²) in [6.45, 7) is 5.88. The summed E-state index contributed by atoms with van der Waals surface area (Å²) in [5, 5.41) is 0.835. The lowest BCUT2D eigenvalue weighted by molar-refractivity contribution is 0.0642. The van der Waals surface area contributed by atoms with Crippen molar-refractivity contribution in [2.75, 3.05) is 6.16 Å². The molecule has 0 aliphatic carbocycles. The average molecular weight is 492 g/mol. The Hall–Kier alpha value is -0.630. The van der Waals surface area contributed by atoms with Crippen LogP contribution in [0.15, 0.2) is 36.4 Å². The smallest absolute Gasteiger partial charge is 0.177 e. The van der Waals surface area contributed by atoms with E-state index in [2.05, 4.69) is 16.2 Å². The molecule has 0 radical (unpaired) electrons. The molecule has 0 bridgehead atoms. The van der Waals surface area contributed by atoms with Gasteiger partial charge in [-0.05, 0) is 48.2 Å². The fourth-order valence-electron chi connectivity index (χ4n) is 3.68. The van der Waals surface area contributed by atoms with Crippen LogP contribution in [0.2, 0.25) is 20.1 Å². The van der Waals surface area contributed by atoms with Gasteiger partial charge in [-0.1, -0.05) is 79.3 Å². The topological polar surface area (TPSA) is 34.1 Å². The second-order valence-electron chi connectivity index (χ2n) is 7.89. The molecule has 0 saturated heterocycles. The standard InChI is InChI=1S/C22H23Cl4O2P/c1-12(11-29)10-22(2,3)19(20(27)17-13(23)6-4-7-14(17)24)21(28)18-15(25)8-5-9-16(18)26/h4-9,12,19H,10-11,29H2,1-3H3. The molecule has 0 N–H and O–H groups in total. The van der Waals surface area contributed by atoms with E-state index < -0.39 is 22.9 Å². The van der Waals surface area contributed by atoms with Crippen molar-refractivity contribution in [2.24, 2.45) is 17.3 Å². The van der Waals surface area contributed by atoms with E-state index in [1.807, 2.05) is 13.8 Å². The zero-order valence-electron chi connectivity index (χ0n) is 16.4. The van der Waals surface area contributed by atoms with Crippen molar-refractivity contribution < 1.29 is 9.59 Å². The van der Waals surface area contributed by atoms with Crippen LogP contribution in [0.25, 0.3) is 0 Å². The second kappa shape index (κ2) is 10.1. The number of hydrogen-bond donors (Lipinski definition) is 0. The van der Waals surface area contributed by atoms with Crippen LogP contribution in [0.3, 0.4) is 0 Å². The molecule has 0 saturated carbocycles. The van der Waals surface area contributed by atoms with Crippen molar-refractivity contribution in [2.45, 2.75) is 27.2 Å². The van der Waals surface area contributed by atoms with Crippen LogP contribution < -0.4 is 0 Å². The number of carbonyl (C=O) groups excluding carboxylic acids is 2. The fourth-order valence-corrected chi connectivity index (χ4v) is 5.02. The molecule has 2 unspecified atom stereocenters. The number of halogens is 4. The van der Waals surface area contributed by atoms with E-state index in [0.717, 1.165) is 6.16 Å². The number of carbonyl (C=O) groups is 2. The minimum Gasteiger partial charge on any atom is -0.293 e. The van der Waals surface area contributed by atoms with Gasteiger partial charge in [0.25, 0.3) is 0 Å². The molecule has 2 aromatic rings. The molecule has 0 aliphatic heterocycles. The summed E-state index contributed by atoms with van der Waals surface area (Å²) in [5.74, 6) is -1.62. The molecule has 2 rings (SSSR count). The van der Waals surface area contributed by atoms with Crippen molar-refractivity contribution in [1.29, 1.82) is 0 Å². The Morgan fingerprint density at radius 2 is 1.21 bits per heavy atom. The third-order valence-electron chi connectivity index (χ3n) is 5.00. The Bertz CT molecular complexity index is 823. The minimum atomic E-state index is -1.05. The normalized spacial score (nSPS) is 12.9. The molecular formula is C22H23Cl4O2P. The van der Waals surface area contributed by atoms with E-state index in [4.69, 9.17) is 46.4 Å². The number of ketones is 2. The lowest BCUT2D eigenvalue weighted by Gasteiger charge is -2.35. The molecule has 0 heterocycles. The SMILES string of the molecule is CC(CP)CC(C)(C)C(C(=O)c1c(Cl)cccc1Cl)C(=O)c1c(Cl)cccc1Cl. The Morgan fingerprint density at radius 1 is 0.862 bits per heavy atom. The van der Waals surface area contributed by atoms with Gasteiger partial charge in [0.1, 0.15) is 0 Å². The third kappa shape index (κ3) is 5.54. The van der Waals surface area contributed by atoms with Crippen LogP contribution in [0.5, 0.6) is 0 Å². The lowest BCUT2D eigenvalue weighted by atomic mass is 9.67. The molecule has 0 fully saturated rings. The van der Waals surface area contributed by atoms with Gasteiger partial charge in [-0.2, -0.15) is 0 Å². The molecular weight excluding hydrogens is 469 g/mol. The average Bonchev–Trinajstić information content (AvgIpc) is 2.60. The first-order chi connectivity index (χ1) is 13.5. The van der Waals surface area contributed by atoms with Crippen molar-refractivity contribution >= 4 is 67.2 Å². The molecule has 0 spiro atoms. The number of rotatable bonds is 8. The summed E-state index contributed by atoms with van der Waals surface area (Å²) in [5.41, 5.74) is -0.400. The van der Waals surface area contributed by atoms with Gasteiger partial charge in [0.15, 0.2) is 11.6 Å². The minimum absolute atomic E-state index is 0.143. The summed E-state index contributed by atoms with van der Waals surface area (Å²) >= 11 is 25.2. The highest BCUT2D eigenvalue weighted by atomic mass is 35.5. The maximum Gasteiger partial charge on any atom is 0.177 e. The summed E-state index contributed by atoms with van der Waals surface area (Å²) < 4.78 is 0. The van der Waals surface area contributed by atoms with E-state index in [0.29, 0.717) is 6.42 Å². The Balaban J connectivity index is 2.66. The maximum atomic E-state index is 13.7. The Kier molecular flexibility index (Phi) is 8.60. The molecule has 29 heavy (non-hydrogen) atoms. The molecule has 2 atom stereocenters. The van der Waals surface area contributed by atoms with E-state index in [9.17, 15) is 9.59 Å². The first-order valence-corrected chi connectivity index (χ1v) is 11.5. The summed E-state index contributed by atoms with van der Waals surface area (Å²) in [4.78, 5) is 27.3. The summed E-state index contributed by atoms with van der Waals surface area (Å²) in [6, 6.07) is 9.66. The van der Waals surface area contributed by atoms with Crippen molar-refractivity contribution in [3.05, 3.63) is 67.6 Å². The molecule has 2 nitrogen and oxygen atoms in total. The number of hydrogen-bond acceptors (Lipinski definition) is 2. The quantitative estimate of drug-likeness (QED) is 0.213. The molecule has 2 aromatic carbocycles. The van der Waals surface area contributed by atoms with Crippen LogP contribution in [0.4, 0.5) is 0 Å². The van der Waals surface area contributed by atoms with Gasteiger partial charge in [0.05, 0.1) is 37.1 Å². The van der Waals surface area contributed by atoms with Gasteiger partial charge in [-0.25, -0.2) is 0 Å². The molecule has 0 aliphatic rings. The highest BCUT2D eigenvalue weighted by Crippen LogP contribution is 2.42. The molecule has 156 valence electrons. The predicted molar refractivity (Wildman–Crippen MR) is 127 cm³/mol. The second-order valence-corrected chi connectivity index (χ2v) is 9.99. The van der Waals surface area contributed by atoms with Crippen molar-refractivity contribution in [3.63, 3.8) is 0 Å². The van der Waals surface area contributed by atoms with Crippen LogP contribution in [-0.2, 0) is 0 Å². The van der Waals surface area contributed by atoms with E-state index in [1.54, 1.807) is 36.4 Å². The van der Waals surface area contributed by atoms with E-state index >= 15 is 0 Å². The largest absolute Gasteiger partial charge is 0.293 e. The monoisotopic (exact) mass is 490 g/mol. The van der Waals surface area contributed by atoms with Gasteiger partial charge in [-0.15, -0.1) is 9.24 Å². The highest BCUT2D eigenvalue weighted by molar-refractivity contribution is 7.16. The van der Waals surface area contributed by atoms with E-state index in [-0.39, 0.29) is 37.1 Å². The first-order valence-electron chi connectivity index (χ1n) is 9.17. The summed E-state index contributed by atoms with van der Waals surface area (Å²) in [6.07, 6.45) is 1.49. The zero-order valence-corrected chi connectivity index (χ0v) is 20.6. The van der Waals surface area contributed by atoms with Crippen LogP contribution in [0, 0.1) is 17.3 Å². The molecule has 0 aromatic heterocycles. The van der Waals surface area contributed by atoms with E-state index in [1.165, 1.54) is 0 Å². The van der Waals surface area contributed by atoms with Crippen LogP contribution in [0.1, 0.15) is 47.9 Å². The number of Topliss-reactive ketones (excluding diaryl/α,β-unsaturated/α-hetero) is 2. The zero-order chi connectivity index (χ0) is 21.9. The molecule has 7 heteroatoms. The highest BCUT2D eigenvalue weighted by Gasteiger charge is 2.44. The van der Waals surface area contributed by atoms with Gasteiger partial charge < -0.3 is 0 Å². The van der Waals surface area contributed by atoms with Gasteiger partial charge in [0.2, 0.25) is 0 Å². The third-order valence-corrected chi connectivity index (χ3v) is 7.07. The Labute approximate surface area is 194 Å². The fraction of sp³-hybridized carbons (Fsp3) is 0.364. The van der Waals surface area contributed by atoms with Crippen molar-refractivity contribution in [1.82, 2.24) is 0 Å². The first kappa shape index (κ1) is 24.6. The lowest BCUT2D eigenvalue weighted by Crippen LogP contribution is -2.39. The number of benzene rings is 2. The van der Waals surface area contributed by atoms with Crippen LogP contribution >= 0.6 is 55.6 Å². The van der Waals surface area contributed by atoms with Gasteiger partial charge in [0, 0.05) is 0 Å². The molecule has 0 amide bonds. The summed E-state index contributed by atoms with van der Waals surface area (Å²) in [7, 11) is 2.70. The predicted octanol–water partition coefficient (Wildman–Crippen LogP) is 7.91. The van der Waals surface area contributed by atoms with Crippen molar-refractivity contribution in [3.8, 4) is 0 Å². The van der Waals surface area contributed by atoms with Gasteiger partial charge >= 0.3 is 0 Å². The van der Waals surface area contributed by atoms with Crippen LogP contribution in [-0.4, -0.2) is 17.7 Å².